The minimum atomic E-state index is -1.75. The van der Waals surface area contributed by atoms with Gasteiger partial charge in [-0.15, -0.1) is 6.58 Å². The number of hydrogen-bond acceptors (Lipinski definition) is 5. The lowest BCUT2D eigenvalue weighted by Gasteiger charge is -2.34. The Kier molecular flexibility index (Phi) is 5.91. The summed E-state index contributed by atoms with van der Waals surface area (Å²) in [5.41, 5.74) is 0.440. The van der Waals surface area contributed by atoms with Crippen molar-refractivity contribution in [3.05, 3.63) is 83.4 Å². The van der Waals surface area contributed by atoms with Gasteiger partial charge in [0.15, 0.2) is 5.54 Å². The Morgan fingerprint density at radius 3 is 2.48 bits per heavy atom. The lowest BCUT2D eigenvalue weighted by atomic mass is 9.81. The first-order chi connectivity index (χ1) is 15.9. The summed E-state index contributed by atoms with van der Waals surface area (Å²) in [5.74, 6) is -2.53. The molecule has 0 radical (unpaired) electrons. The van der Waals surface area contributed by atoms with Crippen molar-refractivity contribution in [2.75, 3.05) is 31.7 Å². The van der Waals surface area contributed by atoms with Crippen LogP contribution in [-0.4, -0.2) is 54.4 Å². The number of Topliss-reactive ketones (excluding diaryl/α,β-unsaturated/α-hetero) is 1. The molecule has 2 heterocycles. The Hall–Kier alpha value is -3.71. The van der Waals surface area contributed by atoms with Gasteiger partial charge >= 0.3 is 0 Å². The third-order valence-corrected chi connectivity index (χ3v) is 6.18. The van der Waals surface area contributed by atoms with Gasteiger partial charge in [0.1, 0.15) is 5.76 Å². The normalized spacial score (nSPS) is 21.2. The highest BCUT2D eigenvalue weighted by atomic mass is 16.5. The van der Waals surface area contributed by atoms with Crippen LogP contribution in [0.3, 0.4) is 0 Å². The maximum atomic E-state index is 14.1. The van der Waals surface area contributed by atoms with Crippen LogP contribution in [0.25, 0.3) is 5.76 Å². The van der Waals surface area contributed by atoms with E-state index in [1.54, 1.807) is 61.7 Å². The first-order valence-electron chi connectivity index (χ1n) is 10.8. The van der Waals surface area contributed by atoms with Gasteiger partial charge in [0.05, 0.1) is 11.3 Å². The lowest BCUT2D eigenvalue weighted by Crippen LogP contribution is -2.52. The summed E-state index contributed by atoms with van der Waals surface area (Å²) in [7, 11) is 1.54. The van der Waals surface area contributed by atoms with Gasteiger partial charge in [-0.25, -0.2) is 0 Å². The molecule has 1 fully saturated rings. The second kappa shape index (κ2) is 8.67. The predicted molar refractivity (Wildman–Crippen MR) is 125 cm³/mol. The predicted octanol–water partition coefficient (Wildman–Crippen LogP) is 3.14. The van der Waals surface area contributed by atoms with Crippen LogP contribution >= 0.6 is 0 Å². The molecule has 0 aromatic heterocycles. The Balaban J connectivity index is 2.02. The van der Waals surface area contributed by atoms with Gasteiger partial charge in [0.2, 0.25) is 0 Å². The highest BCUT2D eigenvalue weighted by Gasteiger charge is 2.66. The van der Waals surface area contributed by atoms with Crippen LogP contribution in [0.15, 0.2) is 66.8 Å². The number of likely N-dealkylation sites (tertiary alicyclic amines) is 1. The number of rotatable bonds is 7. The SMILES string of the molecule is C=CCN1C(=O)C2(/C(=C(\O)c3ccc(C)cc3)C(=O)C(=O)N2CCCOC)c2ccccc21. The number of ketones is 1. The fourth-order valence-electron chi connectivity index (χ4n) is 4.70. The van der Waals surface area contributed by atoms with Crippen LogP contribution < -0.4 is 4.90 Å². The van der Waals surface area contributed by atoms with Crippen LogP contribution in [0, 0.1) is 6.92 Å². The summed E-state index contributed by atoms with van der Waals surface area (Å²) in [4.78, 5) is 43.5. The fraction of sp³-hybridized carbons (Fsp3) is 0.269. The molecule has 33 heavy (non-hydrogen) atoms. The summed E-state index contributed by atoms with van der Waals surface area (Å²) < 4.78 is 5.13. The van der Waals surface area contributed by atoms with E-state index in [9.17, 15) is 19.5 Å². The third-order valence-electron chi connectivity index (χ3n) is 6.18. The second-order valence-electron chi connectivity index (χ2n) is 8.15. The van der Waals surface area contributed by atoms with E-state index in [-0.39, 0.29) is 24.4 Å². The van der Waals surface area contributed by atoms with E-state index in [2.05, 4.69) is 6.58 Å². The number of carbonyl (C=O) groups excluding carboxylic acids is 3. The van der Waals surface area contributed by atoms with Gasteiger partial charge in [0.25, 0.3) is 17.6 Å². The third kappa shape index (κ3) is 3.27. The van der Waals surface area contributed by atoms with Crippen molar-refractivity contribution in [3.63, 3.8) is 0 Å². The van der Waals surface area contributed by atoms with Crippen LogP contribution in [-0.2, 0) is 24.7 Å². The fourth-order valence-corrected chi connectivity index (χ4v) is 4.70. The minimum Gasteiger partial charge on any atom is -0.507 e. The molecular formula is C26H26N2O5. The average Bonchev–Trinajstić information content (AvgIpc) is 3.19. The van der Waals surface area contributed by atoms with E-state index in [0.717, 1.165) is 5.56 Å². The molecule has 7 heteroatoms. The van der Waals surface area contributed by atoms with Gasteiger partial charge in [-0.3, -0.25) is 14.4 Å². The van der Waals surface area contributed by atoms with E-state index in [1.807, 2.05) is 6.92 Å². The van der Waals surface area contributed by atoms with Crippen molar-refractivity contribution >= 4 is 29.0 Å². The molecule has 7 nitrogen and oxygen atoms in total. The summed E-state index contributed by atoms with van der Waals surface area (Å²) in [5, 5.41) is 11.3. The summed E-state index contributed by atoms with van der Waals surface area (Å²) in [6, 6.07) is 14.0. The highest BCUT2D eigenvalue weighted by molar-refractivity contribution is 6.50. The standard InChI is InChI=1S/C26H26N2O5/c1-4-14-27-20-9-6-5-8-19(20)26(25(27)32)21(22(29)18-12-10-17(2)11-13-18)23(30)24(31)28(26)15-7-16-33-3/h4-6,8-13,29H,1,7,14-16H2,2-3H3/b22-21-. The molecule has 2 aromatic rings. The number of aliphatic hydroxyl groups excluding tert-OH is 1. The molecule has 1 saturated heterocycles. The number of benzene rings is 2. The zero-order valence-electron chi connectivity index (χ0n) is 18.7. The molecular weight excluding hydrogens is 420 g/mol. The zero-order valence-corrected chi connectivity index (χ0v) is 18.7. The number of ether oxygens (including phenoxy) is 1. The van der Waals surface area contributed by atoms with Crippen LogP contribution in [0.4, 0.5) is 5.69 Å². The van der Waals surface area contributed by atoms with Crippen molar-refractivity contribution in [2.45, 2.75) is 18.9 Å². The van der Waals surface area contributed by atoms with E-state index in [1.165, 1.54) is 9.80 Å². The number of hydrogen-bond donors (Lipinski definition) is 1. The number of aryl methyl sites for hydroxylation is 1. The van der Waals surface area contributed by atoms with E-state index >= 15 is 0 Å². The molecule has 2 aliphatic rings. The summed E-state index contributed by atoms with van der Waals surface area (Å²) in [6.45, 7) is 6.32. The molecule has 1 N–H and O–H groups in total. The maximum absolute atomic E-state index is 14.1. The number of fused-ring (bicyclic) bond motifs is 2. The number of methoxy groups -OCH3 is 1. The Labute approximate surface area is 192 Å². The van der Waals surface area contributed by atoms with Gasteiger partial charge in [-0.05, 0) is 19.4 Å². The van der Waals surface area contributed by atoms with Crippen molar-refractivity contribution in [3.8, 4) is 0 Å². The molecule has 1 atom stereocenters. The number of carbonyl (C=O) groups is 3. The number of aliphatic hydroxyl groups is 1. The van der Waals surface area contributed by atoms with Crippen molar-refractivity contribution in [1.82, 2.24) is 4.90 Å². The molecule has 1 unspecified atom stereocenters. The molecule has 2 aliphatic heterocycles. The monoisotopic (exact) mass is 446 g/mol. The molecule has 0 saturated carbocycles. The van der Waals surface area contributed by atoms with Crippen molar-refractivity contribution < 1.29 is 24.2 Å². The largest absolute Gasteiger partial charge is 0.507 e. The quantitative estimate of drug-likeness (QED) is 0.232. The van der Waals surface area contributed by atoms with Crippen LogP contribution in [0.1, 0.15) is 23.1 Å². The van der Waals surface area contributed by atoms with Gasteiger partial charge in [-0.2, -0.15) is 0 Å². The van der Waals surface area contributed by atoms with E-state index in [4.69, 9.17) is 4.74 Å². The van der Waals surface area contributed by atoms with Gasteiger partial charge in [-0.1, -0.05) is 54.1 Å². The van der Waals surface area contributed by atoms with Crippen molar-refractivity contribution in [1.29, 1.82) is 0 Å². The lowest BCUT2D eigenvalue weighted by molar-refractivity contribution is -0.143. The summed E-state index contributed by atoms with van der Waals surface area (Å²) >= 11 is 0. The molecule has 0 aliphatic carbocycles. The zero-order chi connectivity index (χ0) is 23.8. The molecule has 4 rings (SSSR count). The maximum Gasteiger partial charge on any atom is 0.296 e. The number of para-hydroxylation sites is 1. The number of anilines is 1. The smallest absolute Gasteiger partial charge is 0.296 e. The van der Waals surface area contributed by atoms with E-state index < -0.39 is 23.1 Å². The van der Waals surface area contributed by atoms with Gasteiger partial charge < -0.3 is 19.6 Å². The molecule has 0 bridgehead atoms. The molecule has 2 amide bonds. The Morgan fingerprint density at radius 2 is 1.82 bits per heavy atom. The first kappa shape index (κ1) is 22.5. The van der Waals surface area contributed by atoms with Gasteiger partial charge in [0, 0.05) is 37.9 Å². The Morgan fingerprint density at radius 1 is 1.12 bits per heavy atom. The average molecular weight is 447 g/mol. The van der Waals surface area contributed by atoms with Crippen LogP contribution in [0.5, 0.6) is 0 Å². The number of nitrogens with zero attached hydrogens (tertiary/aromatic N) is 2. The number of amides is 2. The van der Waals surface area contributed by atoms with Crippen molar-refractivity contribution in [2.24, 2.45) is 0 Å². The summed E-state index contributed by atoms with van der Waals surface area (Å²) in [6.07, 6.45) is 2.01. The molecule has 170 valence electrons. The highest BCUT2D eigenvalue weighted by Crippen LogP contribution is 2.53. The second-order valence-corrected chi connectivity index (χ2v) is 8.15. The van der Waals surface area contributed by atoms with Crippen LogP contribution in [0.2, 0.25) is 0 Å². The Bertz CT molecular complexity index is 1170. The molecule has 2 aromatic carbocycles. The molecule has 1 spiro atoms. The first-order valence-corrected chi connectivity index (χ1v) is 10.8. The minimum absolute atomic E-state index is 0.116. The topological polar surface area (TPSA) is 87.2 Å². The van der Waals surface area contributed by atoms with E-state index in [0.29, 0.717) is 29.8 Å².